The van der Waals surface area contributed by atoms with E-state index in [2.05, 4.69) is 11.9 Å². The van der Waals surface area contributed by atoms with Gasteiger partial charge in [-0.25, -0.2) is 0 Å². The molecule has 4 nitrogen and oxygen atoms in total. The van der Waals surface area contributed by atoms with Gasteiger partial charge in [0.2, 0.25) is 0 Å². The van der Waals surface area contributed by atoms with Crippen molar-refractivity contribution in [3.8, 4) is 11.5 Å². The summed E-state index contributed by atoms with van der Waals surface area (Å²) in [5.74, 6) is 2.47. The van der Waals surface area contributed by atoms with E-state index in [0.717, 1.165) is 22.8 Å². The summed E-state index contributed by atoms with van der Waals surface area (Å²) in [6.07, 6.45) is 0. The summed E-state index contributed by atoms with van der Waals surface area (Å²) >= 11 is 1.49. The van der Waals surface area contributed by atoms with Crippen LogP contribution in [0.1, 0.15) is 11.1 Å². The topological polar surface area (TPSA) is 56.8 Å². The molecule has 0 atom stereocenters. The van der Waals surface area contributed by atoms with Crippen LogP contribution in [-0.4, -0.2) is 24.6 Å². The molecule has 0 saturated heterocycles. The van der Waals surface area contributed by atoms with Gasteiger partial charge in [-0.2, -0.15) is 0 Å². The number of para-hydroxylation sites is 1. The van der Waals surface area contributed by atoms with Crippen molar-refractivity contribution >= 4 is 16.9 Å². The Hall–Kier alpha value is -2.14. The fourth-order valence-corrected chi connectivity index (χ4v) is 2.51. The minimum Gasteiger partial charge on any atom is -0.496 e. The van der Waals surface area contributed by atoms with E-state index < -0.39 is 0 Å². The van der Waals surface area contributed by atoms with Gasteiger partial charge in [-0.05, 0) is 25.1 Å². The van der Waals surface area contributed by atoms with Crippen molar-refractivity contribution in [3.63, 3.8) is 0 Å². The predicted molar refractivity (Wildman–Crippen MR) is 97.5 cm³/mol. The number of nitrogens with two attached hydrogens (primary N) is 1. The third kappa shape index (κ3) is 5.87. The molecule has 0 spiro atoms. The largest absolute Gasteiger partial charge is 0.496 e. The third-order valence-corrected chi connectivity index (χ3v) is 4.02. The van der Waals surface area contributed by atoms with E-state index in [-0.39, 0.29) is 0 Å². The Morgan fingerprint density at radius 3 is 2.61 bits per heavy atom. The van der Waals surface area contributed by atoms with Gasteiger partial charge in [-0.1, -0.05) is 47.7 Å². The van der Waals surface area contributed by atoms with Crippen LogP contribution in [0.15, 0.2) is 53.5 Å². The second-order valence-corrected chi connectivity index (χ2v) is 6.09. The smallest absolute Gasteiger partial charge is 0.154 e. The van der Waals surface area contributed by atoms with Crippen molar-refractivity contribution in [2.24, 2.45) is 10.7 Å². The summed E-state index contributed by atoms with van der Waals surface area (Å²) in [7, 11) is 1.66. The van der Waals surface area contributed by atoms with Crippen LogP contribution < -0.4 is 15.2 Å². The van der Waals surface area contributed by atoms with Crippen molar-refractivity contribution in [2.75, 3.05) is 19.5 Å². The van der Waals surface area contributed by atoms with Gasteiger partial charge in [0, 0.05) is 11.3 Å². The highest BCUT2D eigenvalue weighted by molar-refractivity contribution is 8.13. The van der Waals surface area contributed by atoms with Crippen LogP contribution in [0, 0.1) is 6.92 Å². The Morgan fingerprint density at radius 1 is 1.13 bits per heavy atom. The molecule has 2 rings (SSSR count). The number of hydrogen-bond acceptors (Lipinski definition) is 4. The lowest BCUT2D eigenvalue weighted by atomic mass is 10.2. The Balaban J connectivity index is 1.73. The summed E-state index contributed by atoms with van der Waals surface area (Å²) in [5, 5.41) is 0.559. The summed E-state index contributed by atoms with van der Waals surface area (Å²) in [4.78, 5) is 4.38. The van der Waals surface area contributed by atoms with Crippen molar-refractivity contribution in [1.29, 1.82) is 0 Å². The molecule has 0 aliphatic heterocycles. The zero-order valence-corrected chi connectivity index (χ0v) is 14.3. The molecule has 122 valence electrons. The molecule has 2 aromatic rings. The zero-order chi connectivity index (χ0) is 16.5. The Labute approximate surface area is 141 Å². The van der Waals surface area contributed by atoms with Gasteiger partial charge in [0.1, 0.15) is 11.5 Å². The average Bonchev–Trinajstić information content (AvgIpc) is 2.58. The van der Waals surface area contributed by atoms with E-state index in [1.54, 1.807) is 7.11 Å². The second-order valence-electron chi connectivity index (χ2n) is 4.98. The zero-order valence-electron chi connectivity index (χ0n) is 13.5. The molecule has 0 bridgehead atoms. The molecule has 0 unspecified atom stereocenters. The van der Waals surface area contributed by atoms with Gasteiger partial charge in [0.25, 0.3) is 0 Å². The molecule has 2 aromatic carbocycles. The number of hydrogen-bond donors (Lipinski definition) is 1. The Morgan fingerprint density at radius 2 is 1.87 bits per heavy atom. The SMILES string of the molecule is COc1ccccc1CN=C(N)SCCOc1ccc(C)cc1. The molecule has 0 radical (unpaired) electrons. The van der Waals surface area contributed by atoms with E-state index in [0.29, 0.717) is 18.3 Å². The molecule has 2 N–H and O–H groups in total. The molecule has 0 fully saturated rings. The van der Waals surface area contributed by atoms with E-state index in [1.807, 2.05) is 48.5 Å². The van der Waals surface area contributed by atoms with E-state index >= 15 is 0 Å². The van der Waals surface area contributed by atoms with E-state index in [9.17, 15) is 0 Å². The lowest BCUT2D eigenvalue weighted by molar-refractivity contribution is 0.344. The molecular weight excluding hydrogens is 308 g/mol. The van der Waals surface area contributed by atoms with Crippen LogP contribution in [0.3, 0.4) is 0 Å². The number of aliphatic imine (C=N–C) groups is 1. The maximum atomic E-state index is 5.93. The fourth-order valence-electron chi connectivity index (χ4n) is 1.98. The minimum atomic E-state index is 0.516. The van der Waals surface area contributed by atoms with Crippen molar-refractivity contribution in [2.45, 2.75) is 13.5 Å². The molecule has 0 aromatic heterocycles. The molecule has 0 heterocycles. The quantitative estimate of drug-likeness (QED) is 0.478. The summed E-state index contributed by atoms with van der Waals surface area (Å²) in [6.45, 7) is 3.17. The summed E-state index contributed by atoms with van der Waals surface area (Å²) in [5.41, 5.74) is 8.17. The number of methoxy groups -OCH3 is 1. The predicted octanol–water partition coefficient (Wildman–Crippen LogP) is 3.63. The van der Waals surface area contributed by atoms with Gasteiger partial charge < -0.3 is 15.2 Å². The monoisotopic (exact) mass is 330 g/mol. The van der Waals surface area contributed by atoms with Crippen molar-refractivity contribution in [3.05, 3.63) is 59.7 Å². The number of benzene rings is 2. The number of rotatable bonds is 7. The Kier molecular flexibility index (Phi) is 6.81. The molecule has 0 saturated carbocycles. The molecule has 0 aliphatic carbocycles. The van der Waals surface area contributed by atoms with E-state index in [4.69, 9.17) is 15.2 Å². The summed E-state index contributed by atoms with van der Waals surface area (Å²) in [6, 6.07) is 15.8. The first kappa shape index (κ1) is 17.2. The lowest BCUT2D eigenvalue weighted by Crippen LogP contribution is -2.11. The van der Waals surface area contributed by atoms with Crippen LogP contribution in [0.4, 0.5) is 0 Å². The number of amidine groups is 1. The highest BCUT2D eigenvalue weighted by Crippen LogP contribution is 2.18. The van der Waals surface area contributed by atoms with Crippen LogP contribution in [-0.2, 0) is 6.54 Å². The normalized spacial score (nSPS) is 11.3. The number of ether oxygens (including phenoxy) is 2. The van der Waals surface area contributed by atoms with Crippen LogP contribution >= 0.6 is 11.8 Å². The molecule has 0 amide bonds. The summed E-state index contributed by atoms with van der Waals surface area (Å²) < 4.78 is 11.0. The van der Waals surface area contributed by atoms with Crippen LogP contribution in [0.2, 0.25) is 0 Å². The van der Waals surface area contributed by atoms with Crippen LogP contribution in [0.5, 0.6) is 11.5 Å². The number of thioether (sulfide) groups is 1. The maximum Gasteiger partial charge on any atom is 0.154 e. The fraction of sp³-hybridized carbons (Fsp3) is 0.278. The van der Waals surface area contributed by atoms with Crippen molar-refractivity contribution in [1.82, 2.24) is 0 Å². The maximum absolute atomic E-state index is 5.93. The minimum absolute atomic E-state index is 0.516. The Bertz CT molecular complexity index is 642. The van der Waals surface area contributed by atoms with E-state index in [1.165, 1.54) is 17.3 Å². The molecule has 5 heteroatoms. The highest BCUT2D eigenvalue weighted by Gasteiger charge is 2.01. The van der Waals surface area contributed by atoms with Gasteiger partial charge in [0.15, 0.2) is 5.17 Å². The van der Waals surface area contributed by atoms with Crippen LogP contribution in [0.25, 0.3) is 0 Å². The van der Waals surface area contributed by atoms with Crippen molar-refractivity contribution < 1.29 is 9.47 Å². The molecular formula is C18H22N2O2S. The molecule has 0 aliphatic rings. The lowest BCUT2D eigenvalue weighted by Gasteiger charge is -2.07. The molecule has 23 heavy (non-hydrogen) atoms. The van der Waals surface area contributed by atoms with Gasteiger partial charge in [0.05, 0.1) is 20.3 Å². The number of aryl methyl sites for hydroxylation is 1. The standard InChI is InChI=1S/C18H22N2O2S/c1-14-7-9-16(10-8-14)22-11-12-23-18(19)20-13-15-5-3-4-6-17(15)21-2/h3-10H,11-13H2,1-2H3,(H2,19,20). The number of nitrogens with zero attached hydrogens (tertiary/aromatic N) is 1. The highest BCUT2D eigenvalue weighted by atomic mass is 32.2. The average molecular weight is 330 g/mol. The third-order valence-electron chi connectivity index (χ3n) is 3.22. The van der Waals surface area contributed by atoms with Gasteiger partial charge in [-0.3, -0.25) is 4.99 Å². The first-order chi connectivity index (χ1) is 11.2. The second kappa shape index (κ2) is 9.10. The first-order valence-corrected chi connectivity index (χ1v) is 8.41. The van der Waals surface area contributed by atoms with Gasteiger partial charge >= 0.3 is 0 Å². The first-order valence-electron chi connectivity index (χ1n) is 7.43. The van der Waals surface area contributed by atoms with Gasteiger partial charge in [-0.15, -0.1) is 0 Å².